The first-order valence-electron chi connectivity index (χ1n) is 9.43. The van der Waals surface area contributed by atoms with Gasteiger partial charge in [0.25, 0.3) is 0 Å². The molecular weight excluding hydrogens is 258 g/mol. The second kappa shape index (κ2) is 9.81. The molecule has 2 fully saturated rings. The van der Waals surface area contributed by atoms with E-state index in [0.29, 0.717) is 0 Å². The maximum absolute atomic E-state index is 3.54. The van der Waals surface area contributed by atoms with Crippen molar-refractivity contribution in [2.45, 2.75) is 64.8 Å². The summed E-state index contributed by atoms with van der Waals surface area (Å²) >= 11 is 0. The standard InChI is InChI=1S/C18H37N3/c1-17(2)15-19-10-6-3-4-7-11-20-13-14-21-12-8-5-9-18(21)16-20/h17-19H,3-16H2,1-2H3. The van der Waals surface area contributed by atoms with Gasteiger partial charge in [0.15, 0.2) is 0 Å². The molecule has 0 spiro atoms. The van der Waals surface area contributed by atoms with Crippen molar-refractivity contribution in [1.82, 2.24) is 15.1 Å². The average Bonchev–Trinajstić information content (AvgIpc) is 2.49. The van der Waals surface area contributed by atoms with E-state index in [-0.39, 0.29) is 0 Å². The van der Waals surface area contributed by atoms with Gasteiger partial charge >= 0.3 is 0 Å². The topological polar surface area (TPSA) is 18.5 Å². The molecule has 0 bridgehead atoms. The number of nitrogens with one attached hydrogen (secondary N) is 1. The molecule has 0 radical (unpaired) electrons. The number of piperidine rings is 1. The molecule has 2 saturated heterocycles. The molecule has 0 aromatic heterocycles. The van der Waals surface area contributed by atoms with Gasteiger partial charge in [-0.1, -0.05) is 33.1 Å². The highest BCUT2D eigenvalue weighted by molar-refractivity contribution is 4.84. The van der Waals surface area contributed by atoms with Crippen molar-refractivity contribution in [3.8, 4) is 0 Å². The van der Waals surface area contributed by atoms with Crippen LogP contribution in [-0.4, -0.2) is 61.7 Å². The number of hydrogen-bond acceptors (Lipinski definition) is 3. The highest BCUT2D eigenvalue weighted by Gasteiger charge is 2.28. The molecule has 0 aliphatic carbocycles. The normalized spacial score (nSPS) is 24.4. The van der Waals surface area contributed by atoms with Crippen LogP contribution in [0.25, 0.3) is 0 Å². The number of unbranched alkanes of at least 4 members (excludes halogenated alkanes) is 3. The highest BCUT2D eigenvalue weighted by Crippen LogP contribution is 2.21. The second-order valence-electron chi connectivity index (χ2n) is 7.50. The van der Waals surface area contributed by atoms with Gasteiger partial charge in [0.2, 0.25) is 0 Å². The maximum atomic E-state index is 3.54. The van der Waals surface area contributed by atoms with Crippen LogP contribution in [0.3, 0.4) is 0 Å². The molecular formula is C18H37N3. The van der Waals surface area contributed by atoms with Crippen LogP contribution in [0.2, 0.25) is 0 Å². The van der Waals surface area contributed by atoms with Gasteiger partial charge in [-0.05, 0) is 57.8 Å². The zero-order valence-electron chi connectivity index (χ0n) is 14.4. The minimum Gasteiger partial charge on any atom is -0.316 e. The van der Waals surface area contributed by atoms with E-state index < -0.39 is 0 Å². The molecule has 3 nitrogen and oxygen atoms in total. The van der Waals surface area contributed by atoms with Crippen LogP contribution in [0.4, 0.5) is 0 Å². The first kappa shape index (κ1) is 17.2. The molecule has 1 unspecified atom stereocenters. The predicted octanol–water partition coefficient (Wildman–Crippen LogP) is 2.96. The van der Waals surface area contributed by atoms with Crippen LogP contribution in [-0.2, 0) is 0 Å². The van der Waals surface area contributed by atoms with E-state index in [1.54, 1.807) is 0 Å². The molecule has 0 aromatic rings. The van der Waals surface area contributed by atoms with Crippen LogP contribution in [0.1, 0.15) is 58.8 Å². The van der Waals surface area contributed by atoms with Crippen LogP contribution < -0.4 is 5.32 Å². The van der Waals surface area contributed by atoms with Crippen LogP contribution in [0.15, 0.2) is 0 Å². The van der Waals surface area contributed by atoms with Gasteiger partial charge in [-0.2, -0.15) is 0 Å². The Morgan fingerprint density at radius 2 is 1.86 bits per heavy atom. The molecule has 21 heavy (non-hydrogen) atoms. The monoisotopic (exact) mass is 295 g/mol. The fraction of sp³-hybridized carbons (Fsp3) is 1.00. The van der Waals surface area contributed by atoms with Crippen molar-refractivity contribution in [2.75, 3.05) is 45.8 Å². The molecule has 0 aromatic carbocycles. The molecule has 1 N–H and O–H groups in total. The summed E-state index contributed by atoms with van der Waals surface area (Å²) in [5, 5.41) is 3.54. The number of nitrogens with zero attached hydrogens (tertiary/aromatic N) is 2. The van der Waals surface area contributed by atoms with Crippen molar-refractivity contribution in [3.63, 3.8) is 0 Å². The summed E-state index contributed by atoms with van der Waals surface area (Å²) in [6, 6.07) is 0.882. The van der Waals surface area contributed by atoms with Crippen LogP contribution >= 0.6 is 0 Å². The van der Waals surface area contributed by atoms with Crippen molar-refractivity contribution in [3.05, 3.63) is 0 Å². The Kier molecular flexibility index (Phi) is 8.05. The van der Waals surface area contributed by atoms with E-state index in [1.807, 2.05) is 0 Å². The molecule has 0 amide bonds. The summed E-state index contributed by atoms with van der Waals surface area (Å²) in [4.78, 5) is 5.46. The van der Waals surface area contributed by atoms with E-state index in [4.69, 9.17) is 0 Å². The smallest absolute Gasteiger partial charge is 0.0223 e. The molecule has 2 aliphatic rings. The zero-order chi connectivity index (χ0) is 14.9. The third-order valence-electron chi connectivity index (χ3n) is 5.05. The van der Waals surface area contributed by atoms with Crippen molar-refractivity contribution in [2.24, 2.45) is 5.92 Å². The second-order valence-corrected chi connectivity index (χ2v) is 7.50. The number of fused-ring (bicyclic) bond motifs is 1. The van der Waals surface area contributed by atoms with Crippen LogP contribution in [0.5, 0.6) is 0 Å². The predicted molar refractivity (Wildman–Crippen MR) is 91.8 cm³/mol. The Bertz CT molecular complexity index is 267. The molecule has 124 valence electrons. The Morgan fingerprint density at radius 3 is 2.71 bits per heavy atom. The van der Waals surface area contributed by atoms with Crippen molar-refractivity contribution >= 4 is 0 Å². The van der Waals surface area contributed by atoms with Gasteiger partial charge < -0.3 is 10.2 Å². The Hall–Kier alpha value is -0.120. The quantitative estimate of drug-likeness (QED) is 0.660. The minimum atomic E-state index is 0.781. The first-order chi connectivity index (χ1) is 10.3. The summed E-state index contributed by atoms with van der Waals surface area (Å²) in [5.41, 5.74) is 0. The number of hydrogen-bond donors (Lipinski definition) is 1. The van der Waals surface area contributed by atoms with Gasteiger partial charge in [-0.15, -0.1) is 0 Å². The summed E-state index contributed by atoms with van der Waals surface area (Å²) < 4.78 is 0. The van der Waals surface area contributed by atoms with E-state index in [2.05, 4.69) is 29.0 Å². The van der Waals surface area contributed by atoms with Gasteiger partial charge in [-0.3, -0.25) is 4.90 Å². The van der Waals surface area contributed by atoms with Crippen LogP contribution in [0, 0.1) is 5.92 Å². The minimum absolute atomic E-state index is 0.781. The molecule has 2 aliphatic heterocycles. The summed E-state index contributed by atoms with van der Waals surface area (Å²) in [6.07, 6.45) is 9.89. The fourth-order valence-corrected chi connectivity index (χ4v) is 3.75. The van der Waals surface area contributed by atoms with Gasteiger partial charge in [-0.25, -0.2) is 0 Å². The third kappa shape index (κ3) is 6.66. The van der Waals surface area contributed by atoms with E-state index in [0.717, 1.165) is 12.0 Å². The van der Waals surface area contributed by atoms with Crippen molar-refractivity contribution < 1.29 is 0 Å². The molecule has 2 heterocycles. The number of piperazine rings is 1. The lowest BCUT2D eigenvalue weighted by atomic mass is 9.99. The summed E-state index contributed by atoms with van der Waals surface area (Å²) in [7, 11) is 0. The van der Waals surface area contributed by atoms with E-state index in [9.17, 15) is 0 Å². The summed E-state index contributed by atoms with van der Waals surface area (Å²) in [5.74, 6) is 0.781. The average molecular weight is 296 g/mol. The third-order valence-corrected chi connectivity index (χ3v) is 5.05. The molecule has 1 atom stereocenters. The van der Waals surface area contributed by atoms with Gasteiger partial charge in [0, 0.05) is 25.7 Å². The fourth-order valence-electron chi connectivity index (χ4n) is 3.75. The van der Waals surface area contributed by atoms with Crippen molar-refractivity contribution in [1.29, 1.82) is 0 Å². The lowest BCUT2D eigenvalue weighted by Crippen LogP contribution is -2.54. The van der Waals surface area contributed by atoms with E-state index >= 15 is 0 Å². The Morgan fingerprint density at radius 1 is 1.00 bits per heavy atom. The molecule has 2 rings (SSSR count). The van der Waals surface area contributed by atoms with E-state index in [1.165, 1.54) is 90.8 Å². The zero-order valence-corrected chi connectivity index (χ0v) is 14.4. The highest BCUT2D eigenvalue weighted by atomic mass is 15.3. The molecule has 0 saturated carbocycles. The Labute approximate surface area is 132 Å². The lowest BCUT2D eigenvalue weighted by Gasteiger charge is -2.44. The lowest BCUT2D eigenvalue weighted by molar-refractivity contribution is 0.0486. The SMILES string of the molecule is CC(C)CNCCCCCCN1CCN2CCCCC2C1. The molecule has 3 heteroatoms. The first-order valence-corrected chi connectivity index (χ1v) is 9.43. The summed E-state index contributed by atoms with van der Waals surface area (Å²) in [6.45, 7) is 13.6. The Balaban J connectivity index is 1.44. The number of rotatable bonds is 9. The van der Waals surface area contributed by atoms with Gasteiger partial charge in [0.05, 0.1) is 0 Å². The maximum Gasteiger partial charge on any atom is 0.0223 e. The van der Waals surface area contributed by atoms with Gasteiger partial charge in [0.1, 0.15) is 0 Å². The largest absolute Gasteiger partial charge is 0.316 e.